The van der Waals surface area contributed by atoms with Gasteiger partial charge in [-0.25, -0.2) is 0 Å². The van der Waals surface area contributed by atoms with Crippen LogP contribution in [0, 0.1) is 6.92 Å². The SMILES string of the molecule is C=C1C=C(C)c2ccccc2C1=[N+]=[N-].C=C1C=Cc2c(C)cccc2C1=O. The Morgan fingerprint density at radius 3 is 2.22 bits per heavy atom. The predicted molar refractivity (Wildman–Crippen MR) is 111 cm³/mol. The van der Waals surface area contributed by atoms with Gasteiger partial charge in [-0.1, -0.05) is 61.7 Å². The number of hydrogen-bond donors (Lipinski definition) is 0. The number of allylic oxidation sites excluding steroid dienone is 5. The van der Waals surface area contributed by atoms with Crippen LogP contribution in [0.5, 0.6) is 0 Å². The molecule has 0 spiro atoms. The van der Waals surface area contributed by atoms with Crippen LogP contribution in [0.15, 0.2) is 78.9 Å². The molecule has 0 heterocycles. The maximum atomic E-state index is 11.6. The standard InChI is InChI=1S/C12H10N2.C12H10O/c1-8-7-9(2)12(14-13)11-6-4-3-5-10(8)11;1-8-4-3-5-11-10(8)7-6-9(2)12(11)13/h3-7H,2H2,1H3;3-7H,2H2,1H3. The van der Waals surface area contributed by atoms with Gasteiger partial charge in [-0.2, -0.15) is 4.79 Å². The van der Waals surface area contributed by atoms with Crippen LogP contribution in [0.25, 0.3) is 17.2 Å². The fourth-order valence-electron chi connectivity index (χ4n) is 3.26. The monoisotopic (exact) mass is 352 g/mol. The fourth-order valence-corrected chi connectivity index (χ4v) is 3.26. The van der Waals surface area contributed by atoms with E-state index in [0.717, 1.165) is 39.0 Å². The Morgan fingerprint density at radius 1 is 0.852 bits per heavy atom. The largest absolute Gasteiger partial charge is 0.361 e. The third-order valence-corrected chi connectivity index (χ3v) is 4.71. The molecule has 0 bridgehead atoms. The molecule has 0 atom stereocenters. The Balaban J connectivity index is 0.000000156. The smallest absolute Gasteiger partial charge is 0.329 e. The quantitative estimate of drug-likeness (QED) is 0.354. The molecule has 3 heteroatoms. The maximum Gasteiger partial charge on any atom is 0.329 e. The summed E-state index contributed by atoms with van der Waals surface area (Å²) in [5.74, 6) is 0.0428. The summed E-state index contributed by atoms with van der Waals surface area (Å²) in [5.41, 5.74) is 16.9. The number of benzene rings is 2. The summed E-state index contributed by atoms with van der Waals surface area (Å²) in [6.45, 7) is 11.6. The van der Waals surface area contributed by atoms with Crippen molar-refractivity contribution in [3.8, 4) is 0 Å². The zero-order chi connectivity index (χ0) is 19.6. The van der Waals surface area contributed by atoms with Gasteiger partial charge in [0.05, 0.1) is 11.1 Å². The van der Waals surface area contributed by atoms with Crippen LogP contribution in [0.3, 0.4) is 0 Å². The lowest BCUT2D eigenvalue weighted by atomic mass is 9.88. The van der Waals surface area contributed by atoms with Gasteiger partial charge in [0.2, 0.25) is 0 Å². The van der Waals surface area contributed by atoms with Crippen molar-refractivity contribution in [1.29, 1.82) is 0 Å². The number of fused-ring (bicyclic) bond motifs is 2. The maximum absolute atomic E-state index is 11.6. The van der Waals surface area contributed by atoms with Crippen LogP contribution < -0.4 is 0 Å². The van der Waals surface area contributed by atoms with Gasteiger partial charge in [-0.05, 0) is 48.3 Å². The van der Waals surface area contributed by atoms with Crippen LogP contribution in [0.1, 0.15) is 39.5 Å². The molecule has 27 heavy (non-hydrogen) atoms. The molecule has 0 amide bonds. The molecule has 4 rings (SSSR count). The Kier molecular flexibility index (Phi) is 4.98. The summed E-state index contributed by atoms with van der Waals surface area (Å²) in [6.07, 6.45) is 5.66. The molecule has 0 fully saturated rings. The molecule has 2 aromatic rings. The van der Waals surface area contributed by atoms with Crippen molar-refractivity contribution in [2.75, 3.05) is 0 Å². The van der Waals surface area contributed by atoms with E-state index in [1.165, 1.54) is 0 Å². The van der Waals surface area contributed by atoms with Gasteiger partial charge >= 0.3 is 5.71 Å². The van der Waals surface area contributed by atoms with E-state index < -0.39 is 0 Å². The first-order valence-corrected chi connectivity index (χ1v) is 8.64. The molecule has 0 radical (unpaired) electrons. The fraction of sp³-hybridized carbons (Fsp3) is 0.0833. The van der Waals surface area contributed by atoms with Crippen molar-refractivity contribution >= 4 is 23.1 Å². The summed E-state index contributed by atoms with van der Waals surface area (Å²) in [4.78, 5) is 14.9. The average Bonchev–Trinajstić information content (AvgIpc) is 2.66. The highest BCUT2D eigenvalue weighted by Gasteiger charge is 2.23. The van der Waals surface area contributed by atoms with E-state index in [2.05, 4.69) is 17.9 Å². The van der Waals surface area contributed by atoms with Gasteiger partial charge in [-0.3, -0.25) is 4.79 Å². The van der Waals surface area contributed by atoms with Crippen LogP contribution >= 0.6 is 0 Å². The highest BCUT2D eigenvalue weighted by Crippen LogP contribution is 2.27. The van der Waals surface area contributed by atoms with Crippen LogP contribution in [0.2, 0.25) is 0 Å². The molecule has 0 saturated carbocycles. The zero-order valence-electron chi connectivity index (χ0n) is 15.5. The van der Waals surface area contributed by atoms with E-state index in [1.807, 2.05) is 68.5 Å². The number of hydrogen-bond acceptors (Lipinski definition) is 1. The molecular weight excluding hydrogens is 332 g/mol. The Hall–Kier alpha value is -3.55. The van der Waals surface area contributed by atoms with E-state index in [0.29, 0.717) is 11.3 Å². The molecule has 0 saturated heterocycles. The Bertz CT molecular complexity index is 1090. The van der Waals surface area contributed by atoms with Gasteiger partial charge in [0, 0.05) is 11.1 Å². The minimum atomic E-state index is 0.0428. The molecule has 0 N–H and O–H groups in total. The summed E-state index contributed by atoms with van der Waals surface area (Å²) in [5, 5.41) is 0. The molecule has 0 unspecified atom stereocenters. The molecule has 132 valence electrons. The first-order valence-electron chi connectivity index (χ1n) is 8.64. The number of carbonyl (C=O) groups excluding carboxylic acids is 1. The summed E-state index contributed by atoms with van der Waals surface area (Å²) < 4.78 is 0. The minimum absolute atomic E-state index is 0.0428. The molecule has 2 aliphatic rings. The third kappa shape index (κ3) is 3.41. The zero-order valence-corrected chi connectivity index (χ0v) is 15.5. The number of rotatable bonds is 0. The second kappa shape index (κ2) is 7.36. The third-order valence-electron chi connectivity index (χ3n) is 4.71. The van der Waals surface area contributed by atoms with Crippen molar-refractivity contribution in [3.05, 3.63) is 112 Å². The van der Waals surface area contributed by atoms with Crippen molar-refractivity contribution in [1.82, 2.24) is 0 Å². The first kappa shape index (κ1) is 18.2. The molecular formula is C24H20N2O. The van der Waals surface area contributed by atoms with Gasteiger partial charge in [0.25, 0.3) is 0 Å². The number of aryl methyl sites for hydroxylation is 1. The van der Waals surface area contributed by atoms with Crippen LogP contribution in [-0.2, 0) is 0 Å². The van der Waals surface area contributed by atoms with E-state index in [-0.39, 0.29) is 5.78 Å². The number of nitrogens with zero attached hydrogens (tertiary/aromatic N) is 2. The number of carbonyl (C=O) groups is 1. The lowest BCUT2D eigenvalue weighted by Gasteiger charge is -2.12. The minimum Gasteiger partial charge on any atom is -0.361 e. The highest BCUT2D eigenvalue weighted by molar-refractivity contribution is 6.16. The van der Waals surface area contributed by atoms with Crippen molar-refractivity contribution in [2.45, 2.75) is 13.8 Å². The van der Waals surface area contributed by atoms with Gasteiger partial charge < -0.3 is 5.53 Å². The van der Waals surface area contributed by atoms with Crippen molar-refractivity contribution in [3.63, 3.8) is 0 Å². The van der Waals surface area contributed by atoms with Crippen LogP contribution in [-0.4, -0.2) is 16.3 Å². The van der Waals surface area contributed by atoms with E-state index >= 15 is 0 Å². The van der Waals surface area contributed by atoms with E-state index in [9.17, 15) is 4.79 Å². The van der Waals surface area contributed by atoms with Gasteiger partial charge in [0.1, 0.15) is 0 Å². The average molecular weight is 352 g/mol. The summed E-state index contributed by atoms with van der Waals surface area (Å²) in [6, 6.07) is 13.6. The molecule has 0 aromatic heterocycles. The molecule has 0 aliphatic heterocycles. The Morgan fingerprint density at radius 2 is 1.52 bits per heavy atom. The highest BCUT2D eigenvalue weighted by atomic mass is 16.1. The number of ketones is 1. The summed E-state index contributed by atoms with van der Waals surface area (Å²) >= 11 is 0. The lowest BCUT2D eigenvalue weighted by molar-refractivity contribution is -0.00291. The number of Topliss-reactive ketones (excluding diaryl/α,β-unsaturated/α-hetero) is 1. The predicted octanol–water partition coefficient (Wildman–Crippen LogP) is 5.44. The van der Waals surface area contributed by atoms with E-state index in [1.54, 1.807) is 6.08 Å². The van der Waals surface area contributed by atoms with Gasteiger partial charge in [-0.15, -0.1) is 0 Å². The van der Waals surface area contributed by atoms with E-state index in [4.69, 9.17) is 5.53 Å². The molecule has 3 nitrogen and oxygen atoms in total. The van der Waals surface area contributed by atoms with Crippen LogP contribution in [0.4, 0.5) is 0 Å². The Labute approximate surface area is 159 Å². The summed E-state index contributed by atoms with van der Waals surface area (Å²) in [7, 11) is 0. The first-order chi connectivity index (χ1) is 12.9. The second-order valence-electron chi connectivity index (χ2n) is 6.57. The van der Waals surface area contributed by atoms with Crippen molar-refractivity contribution < 1.29 is 9.58 Å². The van der Waals surface area contributed by atoms with Gasteiger partial charge in [0.15, 0.2) is 5.78 Å². The molecule has 2 aromatic carbocycles. The van der Waals surface area contributed by atoms with Crippen molar-refractivity contribution in [2.24, 2.45) is 0 Å². The molecule has 2 aliphatic carbocycles. The topological polar surface area (TPSA) is 53.5 Å². The lowest BCUT2D eigenvalue weighted by Crippen LogP contribution is -2.11. The second-order valence-corrected chi connectivity index (χ2v) is 6.57. The normalized spacial score (nSPS) is 14.5.